The molecule has 0 aliphatic rings. The van der Waals surface area contributed by atoms with E-state index in [4.69, 9.17) is 0 Å². The molecule has 148 valence electrons. The van der Waals surface area contributed by atoms with Gasteiger partial charge in [0.05, 0.1) is 6.21 Å². The largest absolute Gasteiger partial charge is 0.317 e. The zero-order valence-corrected chi connectivity index (χ0v) is 16.2. The van der Waals surface area contributed by atoms with E-state index in [1.54, 1.807) is 36.4 Å². The van der Waals surface area contributed by atoms with Crippen LogP contribution in [0.3, 0.4) is 0 Å². The van der Waals surface area contributed by atoms with Crippen LogP contribution < -0.4 is 10.7 Å². The maximum Gasteiger partial charge on any atom is 0.287 e. The first-order valence-electron chi connectivity index (χ1n) is 9.40. The summed E-state index contributed by atoms with van der Waals surface area (Å²) in [5.41, 5.74) is 4.81. The Hall–Kier alpha value is -4.25. The van der Waals surface area contributed by atoms with Crippen LogP contribution >= 0.6 is 0 Å². The number of hydrazone groups is 1. The molecule has 2 N–H and O–H groups in total. The van der Waals surface area contributed by atoms with Gasteiger partial charge in [-0.1, -0.05) is 91.0 Å². The SMILES string of the molecule is O=C(N/N=C\c1ccccc1)/C(=C/C=C/c1ccccc1)NC(=O)c1ccccc1. The molecule has 0 spiro atoms. The lowest BCUT2D eigenvalue weighted by Crippen LogP contribution is -2.32. The van der Waals surface area contributed by atoms with Crippen LogP contribution in [0.25, 0.3) is 6.08 Å². The Balaban J connectivity index is 1.74. The van der Waals surface area contributed by atoms with E-state index in [9.17, 15) is 9.59 Å². The lowest BCUT2D eigenvalue weighted by Gasteiger charge is -2.08. The Labute approximate surface area is 175 Å². The van der Waals surface area contributed by atoms with Crippen molar-refractivity contribution in [2.24, 2.45) is 5.10 Å². The highest BCUT2D eigenvalue weighted by Gasteiger charge is 2.13. The van der Waals surface area contributed by atoms with Crippen LogP contribution in [0.4, 0.5) is 0 Å². The van der Waals surface area contributed by atoms with E-state index in [-0.39, 0.29) is 11.6 Å². The summed E-state index contributed by atoms with van der Waals surface area (Å²) in [7, 11) is 0. The van der Waals surface area contributed by atoms with E-state index in [0.29, 0.717) is 5.56 Å². The maximum atomic E-state index is 12.6. The fourth-order valence-electron chi connectivity index (χ4n) is 2.54. The summed E-state index contributed by atoms with van der Waals surface area (Å²) in [6.45, 7) is 0. The zero-order valence-electron chi connectivity index (χ0n) is 16.2. The standard InChI is InChI=1S/C25H21N3O2/c29-24(22-16-8-3-9-17-22)27-23(18-10-15-20-11-4-1-5-12-20)25(30)28-26-19-21-13-6-2-7-14-21/h1-19H,(H,27,29)(H,28,30)/b15-10+,23-18-,26-19-. The van der Waals surface area contributed by atoms with Gasteiger partial charge in [0, 0.05) is 5.56 Å². The van der Waals surface area contributed by atoms with E-state index in [1.807, 2.05) is 72.8 Å². The minimum absolute atomic E-state index is 0.0845. The van der Waals surface area contributed by atoms with Crippen molar-refractivity contribution in [3.8, 4) is 0 Å². The first-order chi connectivity index (χ1) is 14.7. The van der Waals surface area contributed by atoms with Crippen molar-refractivity contribution in [1.82, 2.24) is 10.7 Å². The predicted molar refractivity (Wildman–Crippen MR) is 120 cm³/mol. The Morgan fingerprint density at radius 2 is 1.30 bits per heavy atom. The summed E-state index contributed by atoms with van der Waals surface area (Å²) < 4.78 is 0. The van der Waals surface area contributed by atoms with Crippen molar-refractivity contribution >= 4 is 24.1 Å². The number of carbonyl (C=O) groups excluding carboxylic acids is 2. The minimum atomic E-state index is -0.524. The lowest BCUT2D eigenvalue weighted by atomic mass is 10.2. The molecule has 0 heterocycles. The van der Waals surface area contributed by atoms with Gasteiger partial charge < -0.3 is 5.32 Å². The predicted octanol–water partition coefficient (Wildman–Crippen LogP) is 4.16. The quantitative estimate of drug-likeness (QED) is 0.273. The number of nitrogens with zero attached hydrogens (tertiary/aromatic N) is 1. The van der Waals surface area contributed by atoms with Crippen LogP contribution in [-0.2, 0) is 4.79 Å². The van der Waals surface area contributed by atoms with Crippen LogP contribution in [-0.4, -0.2) is 18.0 Å². The number of rotatable bonds is 7. The molecule has 0 saturated heterocycles. The number of hydrogen-bond acceptors (Lipinski definition) is 3. The monoisotopic (exact) mass is 395 g/mol. The second-order valence-corrected chi connectivity index (χ2v) is 6.28. The molecule has 0 aliphatic carbocycles. The van der Waals surface area contributed by atoms with Gasteiger partial charge >= 0.3 is 0 Å². The zero-order chi connectivity index (χ0) is 21.0. The molecule has 3 aromatic rings. The summed E-state index contributed by atoms with van der Waals surface area (Å²) in [6.07, 6.45) is 6.63. The van der Waals surface area contributed by atoms with E-state index in [2.05, 4.69) is 15.8 Å². The van der Waals surface area contributed by atoms with Crippen LogP contribution in [0.1, 0.15) is 21.5 Å². The minimum Gasteiger partial charge on any atom is -0.317 e. The number of amides is 2. The maximum absolute atomic E-state index is 12.6. The smallest absolute Gasteiger partial charge is 0.287 e. The average molecular weight is 395 g/mol. The number of nitrogens with one attached hydrogen (secondary N) is 2. The van der Waals surface area contributed by atoms with Crippen molar-refractivity contribution in [3.63, 3.8) is 0 Å². The van der Waals surface area contributed by atoms with Gasteiger partial charge in [-0.2, -0.15) is 5.10 Å². The molecular weight excluding hydrogens is 374 g/mol. The van der Waals surface area contributed by atoms with Gasteiger partial charge in [0.2, 0.25) is 0 Å². The molecule has 3 rings (SSSR count). The first kappa shape index (κ1) is 20.5. The van der Waals surface area contributed by atoms with Crippen LogP contribution in [0.15, 0.2) is 114 Å². The van der Waals surface area contributed by atoms with E-state index in [1.165, 1.54) is 6.21 Å². The van der Waals surface area contributed by atoms with Gasteiger partial charge in [-0.05, 0) is 29.3 Å². The number of allylic oxidation sites excluding steroid dienone is 2. The summed E-state index contributed by atoms with van der Waals surface area (Å²) in [5.74, 6) is -0.902. The number of carbonyl (C=O) groups is 2. The Morgan fingerprint density at radius 1 is 0.733 bits per heavy atom. The summed E-state index contributed by atoms with van der Waals surface area (Å²) in [4.78, 5) is 25.1. The van der Waals surface area contributed by atoms with Crippen LogP contribution in [0.2, 0.25) is 0 Å². The highest BCUT2D eigenvalue weighted by molar-refractivity contribution is 6.03. The molecule has 30 heavy (non-hydrogen) atoms. The topological polar surface area (TPSA) is 70.6 Å². The Kier molecular flexibility index (Phi) is 7.46. The number of hydrogen-bond donors (Lipinski definition) is 2. The first-order valence-corrected chi connectivity index (χ1v) is 9.40. The molecule has 2 amide bonds. The van der Waals surface area contributed by atoms with Crippen LogP contribution in [0.5, 0.6) is 0 Å². The summed E-state index contributed by atoms with van der Waals surface area (Å²) >= 11 is 0. The van der Waals surface area contributed by atoms with Crippen molar-refractivity contribution in [1.29, 1.82) is 0 Å². The van der Waals surface area contributed by atoms with Gasteiger partial charge in [0.25, 0.3) is 11.8 Å². The fourth-order valence-corrected chi connectivity index (χ4v) is 2.54. The highest BCUT2D eigenvalue weighted by atomic mass is 16.2. The third-order valence-electron chi connectivity index (χ3n) is 4.06. The lowest BCUT2D eigenvalue weighted by molar-refractivity contribution is -0.117. The normalized spacial score (nSPS) is 11.5. The second-order valence-electron chi connectivity index (χ2n) is 6.28. The molecule has 0 bridgehead atoms. The summed E-state index contributed by atoms with van der Waals surface area (Å²) in [5, 5.41) is 6.62. The van der Waals surface area contributed by atoms with Gasteiger partial charge in [0.1, 0.15) is 5.70 Å². The number of benzene rings is 3. The third kappa shape index (κ3) is 6.42. The average Bonchev–Trinajstić information content (AvgIpc) is 2.80. The molecule has 0 atom stereocenters. The molecule has 0 aromatic heterocycles. The van der Waals surface area contributed by atoms with Gasteiger partial charge in [0.15, 0.2) is 0 Å². The van der Waals surface area contributed by atoms with E-state index >= 15 is 0 Å². The molecule has 5 heteroatoms. The van der Waals surface area contributed by atoms with E-state index in [0.717, 1.165) is 11.1 Å². The molecule has 0 saturated carbocycles. The van der Waals surface area contributed by atoms with Crippen molar-refractivity contribution in [2.75, 3.05) is 0 Å². The molecule has 0 radical (unpaired) electrons. The van der Waals surface area contributed by atoms with Crippen molar-refractivity contribution in [2.45, 2.75) is 0 Å². The van der Waals surface area contributed by atoms with Crippen molar-refractivity contribution < 1.29 is 9.59 Å². The van der Waals surface area contributed by atoms with Gasteiger partial charge in [-0.15, -0.1) is 0 Å². The molecule has 0 unspecified atom stereocenters. The van der Waals surface area contributed by atoms with Gasteiger partial charge in [-0.3, -0.25) is 9.59 Å². The fraction of sp³-hybridized carbons (Fsp3) is 0. The van der Waals surface area contributed by atoms with E-state index < -0.39 is 5.91 Å². The van der Waals surface area contributed by atoms with Crippen LogP contribution in [0, 0.1) is 0 Å². The van der Waals surface area contributed by atoms with Gasteiger partial charge in [-0.25, -0.2) is 5.43 Å². The Bertz CT molecular complexity index is 1060. The Morgan fingerprint density at radius 3 is 1.93 bits per heavy atom. The highest BCUT2D eigenvalue weighted by Crippen LogP contribution is 2.04. The summed E-state index contributed by atoms with van der Waals surface area (Å²) in [6, 6.07) is 27.7. The molecular formula is C25H21N3O2. The molecule has 0 aliphatic heterocycles. The molecule has 5 nitrogen and oxygen atoms in total. The second kappa shape index (κ2) is 10.9. The van der Waals surface area contributed by atoms with Crippen molar-refractivity contribution in [3.05, 3.63) is 126 Å². The molecule has 0 fully saturated rings. The third-order valence-corrected chi connectivity index (χ3v) is 4.06. The molecule has 3 aromatic carbocycles.